The minimum atomic E-state index is 0.169. The first-order chi connectivity index (χ1) is 15.6. The van der Waals surface area contributed by atoms with Crippen LogP contribution in [0.2, 0.25) is 0 Å². The van der Waals surface area contributed by atoms with Crippen molar-refractivity contribution in [1.29, 1.82) is 0 Å². The van der Waals surface area contributed by atoms with Crippen LogP contribution in [0.5, 0.6) is 0 Å². The van der Waals surface area contributed by atoms with Crippen molar-refractivity contribution in [2.24, 2.45) is 0 Å². The molecular formula is C26H40N4O2. The van der Waals surface area contributed by atoms with Crippen LogP contribution in [0.1, 0.15) is 64.2 Å². The average molecular weight is 441 g/mol. The summed E-state index contributed by atoms with van der Waals surface area (Å²) in [5, 5.41) is 0. The Bertz CT molecular complexity index is 630. The van der Waals surface area contributed by atoms with Gasteiger partial charge in [0.2, 0.25) is 11.8 Å². The van der Waals surface area contributed by atoms with Crippen LogP contribution < -0.4 is 0 Å². The maximum atomic E-state index is 13.0. The molecule has 32 heavy (non-hydrogen) atoms. The number of rotatable bonds is 10. The number of piperazine rings is 1. The first-order valence-corrected chi connectivity index (χ1v) is 12.5. The molecule has 0 unspecified atom stereocenters. The van der Waals surface area contributed by atoms with E-state index in [-0.39, 0.29) is 11.8 Å². The summed E-state index contributed by atoms with van der Waals surface area (Å²) in [5.74, 6) is 5.77. The van der Waals surface area contributed by atoms with Gasteiger partial charge in [-0.2, -0.15) is 0 Å². The van der Waals surface area contributed by atoms with Gasteiger partial charge < -0.3 is 9.80 Å². The summed E-state index contributed by atoms with van der Waals surface area (Å²) < 4.78 is 0. The van der Waals surface area contributed by atoms with Gasteiger partial charge in [-0.05, 0) is 25.7 Å². The minimum absolute atomic E-state index is 0.169. The van der Waals surface area contributed by atoms with E-state index < -0.39 is 0 Å². The predicted octanol–water partition coefficient (Wildman–Crippen LogP) is 2.19. The molecule has 0 bridgehead atoms. The van der Waals surface area contributed by atoms with Crippen LogP contribution in [0, 0.1) is 24.7 Å². The number of terminal acetylenes is 2. The molecule has 6 heteroatoms. The summed E-state index contributed by atoms with van der Waals surface area (Å²) in [6.07, 6.45) is 21.9. The maximum absolute atomic E-state index is 13.0. The van der Waals surface area contributed by atoms with Gasteiger partial charge in [0.25, 0.3) is 0 Å². The second-order valence-corrected chi connectivity index (χ2v) is 9.49. The van der Waals surface area contributed by atoms with Crippen molar-refractivity contribution in [2.45, 2.75) is 76.3 Å². The summed E-state index contributed by atoms with van der Waals surface area (Å²) in [4.78, 5) is 34.4. The van der Waals surface area contributed by atoms with E-state index in [9.17, 15) is 9.59 Å². The topological polar surface area (TPSA) is 47.1 Å². The predicted molar refractivity (Wildman–Crippen MR) is 128 cm³/mol. The largest absolute Gasteiger partial charge is 0.338 e. The molecule has 176 valence electrons. The van der Waals surface area contributed by atoms with Crippen molar-refractivity contribution in [2.75, 3.05) is 52.4 Å². The normalized spacial score (nSPS) is 20.1. The van der Waals surface area contributed by atoms with Crippen molar-refractivity contribution < 1.29 is 9.59 Å². The fourth-order valence-electron chi connectivity index (χ4n) is 5.49. The molecule has 0 spiro atoms. The van der Waals surface area contributed by atoms with E-state index in [0.717, 1.165) is 38.8 Å². The first kappa shape index (κ1) is 24.6. The van der Waals surface area contributed by atoms with E-state index in [4.69, 9.17) is 12.8 Å². The molecule has 2 saturated carbocycles. The van der Waals surface area contributed by atoms with Crippen LogP contribution in [0.25, 0.3) is 0 Å². The lowest BCUT2D eigenvalue weighted by Gasteiger charge is -2.38. The number of carbonyl (C=O) groups excluding carboxylic acids is 2. The van der Waals surface area contributed by atoms with Gasteiger partial charge in [-0.3, -0.25) is 19.4 Å². The number of amides is 2. The lowest BCUT2D eigenvalue weighted by atomic mass is 10.2. The molecule has 1 aliphatic heterocycles. The fraction of sp³-hybridized carbons (Fsp3) is 0.769. The van der Waals surface area contributed by atoms with E-state index in [2.05, 4.69) is 21.6 Å². The summed E-state index contributed by atoms with van der Waals surface area (Å²) in [5.41, 5.74) is 0. The van der Waals surface area contributed by atoms with Crippen molar-refractivity contribution in [3.05, 3.63) is 0 Å². The van der Waals surface area contributed by atoms with Gasteiger partial charge in [0.05, 0.1) is 13.1 Å². The Balaban J connectivity index is 1.46. The second-order valence-electron chi connectivity index (χ2n) is 9.49. The minimum Gasteiger partial charge on any atom is -0.338 e. The Kier molecular flexibility index (Phi) is 9.90. The van der Waals surface area contributed by atoms with Gasteiger partial charge in [0.15, 0.2) is 0 Å². The second kappa shape index (κ2) is 12.9. The third-order valence-electron chi connectivity index (χ3n) is 7.43. The Labute approximate surface area is 194 Å². The molecule has 3 fully saturated rings. The summed E-state index contributed by atoms with van der Waals surface area (Å²) in [7, 11) is 0. The van der Waals surface area contributed by atoms with Crippen LogP contribution >= 0.6 is 0 Å². The highest BCUT2D eigenvalue weighted by molar-refractivity contribution is 5.80. The van der Waals surface area contributed by atoms with Crippen LogP contribution in [0.15, 0.2) is 0 Å². The van der Waals surface area contributed by atoms with Gasteiger partial charge in [0.1, 0.15) is 0 Å². The number of hydrogen-bond donors (Lipinski definition) is 0. The Morgan fingerprint density at radius 3 is 1.34 bits per heavy atom. The van der Waals surface area contributed by atoms with Crippen LogP contribution in [0.3, 0.4) is 0 Å². The Morgan fingerprint density at radius 1 is 0.688 bits per heavy atom. The molecular weight excluding hydrogens is 400 g/mol. The molecule has 0 aromatic rings. The highest BCUT2D eigenvalue weighted by atomic mass is 16.2. The van der Waals surface area contributed by atoms with E-state index in [1.165, 1.54) is 25.7 Å². The van der Waals surface area contributed by atoms with E-state index in [0.29, 0.717) is 64.2 Å². The highest BCUT2D eigenvalue weighted by Gasteiger charge is 2.30. The molecule has 1 heterocycles. The van der Waals surface area contributed by atoms with Crippen LogP contribution in [0.4, 0.5) is 0 Å². The van der Waals surface area contributed by atoms with Crippen molar-refractivity contribution in [3.63, 3.8) is 0 Å². The summed E-state index contributed by atoms with van der Waals surface area (Å²) in [6.45, 7) is 4.94. The maximum Gasteiger partial charge on any atom is 0.236 e. The van der Waals surface area contributed by atoms with Crippen molar-refractivity contribution >= 4 is 11.8 Å². The molecule has 0 N–H and O–H groups in total. The molecule has 2 amide bonds. The average Bonchev–Trinajstić information content (AvgIpc) is 3.54. The molecule has 0 atom stereocenters. The SMILES string of the molecule is C#CCCN(CC(=O)N1CCN(C(=O)CN(CCC#C)C2CCCC2)CC1)C1CCCC1. The van der Waals surface area contributed by atoms with Crippen LogP contribution in [-0.2, 0) is 9.59 Å². The lowest BCUT2D eigenvalue weighted by molar-refractivity contribution is -0.141. The third-order valence-corrected chi connectivity index (χ3v) is 7.43. The third kappa shape index (κ3) is 6.99. The molecule has 2 aliphatic carbocycles. The number of nitrogens with zero attached hydrogens (tertiary/aromatic N) is 4. The molecule has 0 aromatic heterocycles. The number of hydrogen-bond acceptors (Lipinski definition) is 4. The lowest BCUT2D eigenvalue weighted by Crippen LogP contribution is -2.55. The van der Waals surface area contributed by atoms with Crippen molar-refractivity contribution in [3.8, 4) is 24.7 Å². The smallest absolute Gasteiger partial charge is 0.236 e. The van der Waals surface area contributed by atoms with Gasteiger partial charge >= 0.3 is 0 Å². The van der Waals surface area contributed by atoms with Crippen molar-refractivity contribution in [1.82, 2.24) is 19.6 Å². The van der Waals surface area contributed by atoms with Gasteiger partial charge in [-0.15, -0.1) is 24.7 Å². The molecule has 3 rings (SSSR count). The van der Waals surface area contributed by atoms with Gasteiger partial charge in [-0.1, -0.05) is 25.7 Å². The Hall–Kier alpha value is -2.02. The quantitative estimate of drug-likeness (QED) is 0.489. The zero-order valence-electron chi connectivity index (χ0n) is 19.6. The summed E-state index contributed by atoms with van der Waals surface area (Å²) >= 11 is 0. The molecule has 3 aliphatic rings. The molecule has 0 radical (unpaired) electrons. The molecule has 6 nitrogen and oxygen atoms in total. The van der Waals surface area contributed by atoms with E-state index in [1.54, 1.807) is 0 Å². The molecule has 1 saturated heterocycles. The van der Waals surface area contributed by atoms with Gasteiger partial charge in [0, 0.05) is 64.2 Å². The molecule has 0 aromatic carbocycles. The van der Waals surface area contributed by atoms with Gasteiger partial charge in [-0.25, -0.2) is 0 Å². The zero-order valence-corrected chi connectivity index (χ0v) is 19.6. The highest BCUT2D eigenvalue weighted by Crippen LogP contribution is 2.25. The first-order valence-electron chi connectivity index (χ1n) is 12.5. The number of carbonyl (C=O) groups is 2. The zero-order chi connectivity index (χ0) is 22.8. The fourth-order valence-corrected chi connectivity index (χ4v) is 5.49. The Morgan fingerprint density at radius 2 is 1.03 bits per heavy atom. The monoisotopic (exact) mass is 440 g/mol. The van der Waals surface area contributed by atoms with E-state index >= 15 is 0 Å². The van der Waals surface area contributed by atoms with E-state index in [1.807, 2.05) is 9.80 Å². The van der Waals surface area contributed by atoms with Crippen LogP contribution in [-0.4, -0.2) is 95.9 Å². The standard InChI is InChI=1S/C26H40N4O2/c1-3-5-15-29(23-11-7-8-12-23)21-25(31)27-17-19-28(20-18-27)26(32)22-30(16-6-4-2)24-13-9-10-14-24/h1-2,23-24H,5-22H2. The summed E-state index contributed by atoms with van der Waals surface area (Å²) in [6, 6.07) is 0.972.